The van der Waals surface area contributed by atoms with Gasteiger partial charge in [-0.3, -0.25) is 4.90 Å². The first kappa shape index (κ1) is 13.4. The van der Waals surface area contributed by atoms with Gasteiger partial charge in [0.15, 0.2) is 0 Å². The third kappa shape index (κ3) is 3.03. The molecular weight excluding hydrogens is 208 g/mol. The van der Waals surface area contributed by atoms with Gasteiger partial charge >= 0.3 is 0 Å². The predicted molar refractivity (Wildman–Crippen MR) is 74.4 cm³/mol. The quantitative estimate of drug-likeness (QED) is 0.795. The molecule has 100 valence electrons. The predicted octanol–water partition coefficient (Wildman–Crippen LogP) is 3.17. The first-order chi connectivity index (χ1) is 8.08. The van der Waals surface area contributed by atoms with E-state index < -0.39 is 0 Å². The van der Waals surface area contributed by atoms with E-state index in [0.29, 0.717) is 11.1 Å². The van der Waals surface area contributed by atoms with E-state index in [1.54, 1.807) is 0 Å². The highest BCUT2D eigenvalue weighted by Gasteiger charge is 2.37. The van der Waals surface area contributed by atoms with Gasteiger partial charge in [0, 0.05) is 17.6 Å². The summed E-state index contributed by atoms with van der Waals surface area (Å²) in [4.78, 5) is 2.80. The zero-order valence-corrected chi connectivity index (χ0v) is 12.0. The van der Waals surface area contributed by atoms with Gasteiger partial charge in [0.2, 0.25) is 0 Å². The van der Waals surface area contributed by atoms with Crippen LogP contribution in [0.25, 0.3) is 0 Å². The van der Waals surface area contributed by atoms with Crippen LogP contribution < -0.4 is 5.32 Å². The van der Waals surface area contributed by atoms with Gasteiger partial charge in [-0.1, -0.05) is 26.2 Å². The van der Waals surface area contributed by atoms with Crippen LogP contribution in [0.3, 0.4) is 0 Å². The minimum absolute atomic E-state index is 0.330. The molecule has 2 heteroatoms. The Morgan fingerprint density at radius 1 is 1.06 bits per heavy atom. The van der Waals surface area contributed by atoms with E-state index in [1.807, 2.05) is 0 Å². The average Bonchev–Trinajstić information content (AvgIpc) is 2.54. The molecule has 1 heterocycles. The SMILES string of the molecule is CCC1(C)CN(C2(C)CCCCC2)CCCN1. The van der Waals surface area contributed by atoms with Crippen LogP contribution >= 0.6 is 0 Å². The highest BCUT2D eigenvalue weighted by atomic mass is 15.2. The molecule has 1 saturated carbocycles. The van der Waals surface area contributed by atoms with E-state index in [0.717, 1.165) is 0 Å². The first-order valence-corrected chi connectivity index (χ1v) is 7.58. The van der Waals surface area contributed by atoms with Crippen LogP contribution in [0.1, 0.15) is 65.7 Å². The van der Waals surface area contributed by atoms with Crippen molar-refractivity contribution < 1.29 is 0 Å². The summed E-state index contributed by atoms with van der Waals surface area (Å²) in [6.45, 7) is 10.9. The Morgan fingerprint density at radius 3 is 2.41 bits per heavy atom. The summed E-state index contributed by atoms with van der Waals surface area (Å²) in [5.41, 5.74) is 0.817. The molecule has 17 heavy (non-hydrogen) atoms. The van der Waals surface area contributed by atoms with Crippen LogP contribution in [0.4, 0.5) is 0 Å². The standard InChI is InChI=1S/C15H30N2/c1-4-14(2)13-17(12-8-11-16-14)15(3)9-6-5-7-10-15/h16H,4-13H2,1-3H3. The molecule has 0 spiro atoms. The summed E-state index contributed by atoms with van der Waals surface area (Å²) in [7, 11) is 0. The van der Waals surface area contributed by atoms with Gasteiger partial charge in [-0.15, -0.1) is 0 Å². The van der Waals surface area contributed by atoms with Gasteiger partial charge in [0.1, 0.15) is 0 Å². The van der Waals surface area contributed by atoms with Crippen molar-refractivity contribution >= 4 is 0 Å². The average molecular weight is 238 g/mol. The zero-order valence-electron chi connectivity index (χ0n) is 12.0. The topological polar surface area (TPSA) is 15.3 Å². The third-order valence-electron chi connectivity index (χ3n) is 5.17. The van der Waals surface area contributed by atoms with Crippen molar-refractivity contribution in [2.75, 3.05) is 19.6 Å². The fourth-order valence-electron chi connectivity index (χ4n) is 3.54. The van der Waals surface area contributed by atoms with Crippen LogP contribution in [-0.2, 0) is 0 Å². The zero-order chi connectivity index (χ0) is 12.4. The van der Waals surface area contributed by atoms with Gasteiger partial charge < -0.3 is 5.32 Å². The van der Waals surface area contributed by atoms with Crippen molar-refractivity contribution in [3.8, 4) is 0 Å². The van der Waals surface area contributed by atoms with Crippen LogP contribution in [0, 0.1) is 0 Å². The molecule has 2 nitrogen and oxygen atoms in total. The molecule has 1 aliphatic carbocycles. The van der Waals surface area contributed by atoms with E-state index in [9.17, 15) is 0 Å². The van der Waals surface area contributed by atoms with Crippen molar-refractivity contribution in [2.45, 2.75) is 76.8 Å². The van der Waals surface area contributed by atoms with Crippen LogP contribution in [-0.4, -0.2) is 35.6 Å². The lowest BCUT2D eigenvalue weighted by molar-refractivity contribution is 0.0502. The third-order valence-corrected chi connectivity index (χ3v) is 5.17. The maximum absolute atomic E-state index is 3.75. The number of rotatable bonds is 2. The van der Waals surface area contributed by atoms with Crippen molar-refractivity contribution in [3.05, 3.63) is 0 Å². The summed E-state index contributed by atoms with van der Waals surface area (Å²) in [5, 5.41) is 3.75. The molecule has 2 fully saturated rings. The molecule has 1 N–H and O–H groups in total. The molecule has 2 aliphatic rings. The highest BCUT2D eigenvalue weighted by Crippen LogP contribution is 2.35. The molecule has 1 unspecified atom stereocenters. The molecule has 1 aliphatic heterocycles. The lowest BCUT2D eigenvalue weighted by Crippen LogP contribution is -2.55. The Kier molecular flexibility index (Phi) is 4.14. The number of nitrogens with one attached hydrogen (secondary N) is 1. The highest BCUT2D eigenvalue weighted by molar-refractivity contribution is 4.96. The molecule has 0 aromatic heterocycles. The molecule has 1 atom stereocenters. The Hall–Kier alpha value is -0.0800. The Bertz CT molecular complexity index is 245. The first-order valence-electron chi connectivity index (χ1n) is 7.58. The van der Waals surface area contributed by atoms with Gasteiger partial charge in [0.05, 0.1) is 0 Å². The Labute approximate surface area is 107 Å². The fourth-order valence-corrected chi connectivity index (χ4v) is 3.54. The second kappa shape index (κ2) is 5.27. The molecular formula is C15H30N2. The summed E-state index contributed by atoms with van der Waals surface area (Å²) in [5.74, 6) is 0. The minimum atomic E-state index is 0.330. The van der Waals surface area contributed by atoms with Gasteiger partial charge in [0.25, 0.3) is 0 Å². The monoisotopic (exact) mass is 238 g/mol. The molecule has 2 rings (SSSR count). The summed E-state index contributed by atoms with van der Waals surface area (Å²) in [6, 6.07) is 0. The lowest BCUT2D eigenvalue weighted by Gasteiger charge is -2.46. The summed E-state index contributed by atoms with van der Waals surface area (Å²) >= 11 is 0. The molecule has 0 bridgehead atoms. The van der Waals surface area contributed by atoms with Crippen LogP contribution in [0.2, 0.25) is 0 Å². The van der Waals surface area contributed by atoms with E-state index >= 15 is 0 Å². The lowest BCUT2D eigenvalue weighted by atomic mass is 9.81. The molecule has 0 radical (unpaired) electrons. The maximum Gasteiger partial charge on any atom is 0.0278 e. The van der Waals surface area contributed by atoms with Crippen molar-refractivity contribution in [1.82, 2.24) is 10.2 Å². The van der Waals surface area contributed by atoms with E-state index in [1.165, 1.54) is 64.6 Å². The van der Waals surface area contributed by atoms with Crippen molar-refractivity contribution in [2.24, 2.45) is 0 Å². The molecule has 1 saturated heterocycles. The van der Waals surface area contributed by atoms with E-state index in [4.69, 9.17) is 0 Å². The van der Waals surface area contributed by atoms with E-state index in [2.05, 4.69) is 31.0 Å². The van der Waals surface area contributed by atoms with Gasteiger partial charge in [-0.2, -0.15) is 0 Å². The second-order valence-corrected chi connectivity index (χ2v) is 6.67. The molecule has 0 aromatic carbocycles. The van der Waals surface area contributed by atoms with Gasteiger partial charge in [-0.05, 0) is 52.6 Å². The summed E-state index contributed by atoms with van der Waals surface area (Å²) in [6.07, 6.45) is 9.68. The normalized spacial score (nSPS) is 35.5. The van der Waals surface area contributed by atoms with Crippen LogP contribution in [0.15, 0.2) is 0 Å². The second-order valence-electron chi connectivity index (χ2n) is 6.67. The Morgan fingerprint density at radius 2 is 1.76 bits per heavy atom. The van der Waals surface area contributed by atoms with Gasteiger partial charge in [-0.25, -0.2) is 0 Å². The number of hydrogen-bond donors (Lipinski definition) is 1. The smallest absolute Gasteiger partial charge is 0.0278 e. The Balaban J connectivity index is 2.07. The number of hydrogen-bond acceptors (Lipinski definition) is 2. The number of nitrogens with zero attached hydrogens (tertiary/aromatic N) is 1. The fraction of sp³-hybridized carbons (Fsp3) is 1.00. The maximum atomic E-state index is 3.75. The van der Waals surface area contributed by atoms with Crippen LogP contribution in [0.5, 0.6) is 0 Å². The van der Waals surface area contributed by atoms with E-state index in [-0.39, 0.29) is 0 Å². The minimum Gasteiger partial charge on any atom is -0.310 e. The molecule has 0 amide bonds. The van der Waals surface area contributed by atoms with Crippen molar-refractivity contribution in [3.63, 3.8) is 0 Å². The van der Waals surface area contributed by atoms with Crippen molar-refractivity contribution in [1.29, 1.82) is 0 Å². The largest absolute Gasteiger partial charge is 0.310 e. The molecule has 0 aromatic rings. The summed E-state index contributed by atoms with van der Waals surface area (Å²) < 4.78 is 0.